The second kappa shape index (κ2) is 7.18. The Kier molecular flexibility index (Phi) is 4.60. The van der Waals surface area contributed by atoms with E-state index in [1.807, 2.05) is 0 Å². The van der Waals surface area contributed by atoms with Crippen LogP contribution in [0, 0.1) is 30.1 Å². The van der Waals surface area contributed by atoms with Crippen molar-refractivity contribution < 1.29 is 0 Å². The number of rotatable bonds is 3. The zero-order chi connectivity index (χ0) is 20.9. The van der Waals surface area contributed by atoms with Gasteiger partial charge in [0, 0.05) is 17.1 Å². The van der Waals surface area contributed by atoms with Gasteiger partial charge in [0.2, 0.25) is 0 Å². The normalized spacial score (nSPS) is 26.1. The first-order chi connectivity index (χ1) is 14.4. The Hall–Kier alpha value is -2.76. The fraction of sp³-hybridized carbons (Fsp3) is 0.500. The monoisotopic (exact) mass is 402 g/mol. The maximum absolute atomic E-state index is 4.57. The van der Waals surface area contributed by atoms with E-state index in [-0.39, 0.29) is 0 Å². The van der Waals surface area contributed by atoms with Crippen LogP contribution in [0.4, 0.5) is 5.95 Å². The molecule has 0 aliphatic heterocycles. The molecule has 5 rings (SSSR count). The Morgan fingerprint density at radius 3 is 3.00 bits per heavy atom. The second-order valence-corrected chi connectivity index (χ2v) is 9.84. The maximum Gasteiger partial charge on any atom is 0.265 e. The van der Waals surface area contributed by atoms with E-state index in [4.69, 9.17) is 0 Å². The highest BCUT2D eigenvalue weighted by atomic mass is 15.4. The molecule has 2 aromatic heterocycles. The van der Waals surface area contributed by atoms with Gasteiger partial charge in [0.25, 0.3) is 5.95 Å². The van der Waals surface area contributed by atoms with Gasteiger partial charge in [-0.25, -0.2) is 5.43 Å². The lowest BCUT2D eigenvalue weighted by atomic mass is 9.59. The van der Waals surface area contributed by atoms with Crippen molar-refractivity contribution in [1.82, 2.24) is 20.2 Å². The van der Waals surface area contributed by atoms with Gasteiger partial charge in [0.1, 0.15) is 5.52 Å². The standard InChI is InChI=1S/C24H30N6/c1-14-7-8-20-18(10-14)21-22(26-20)27-23(30-28-21)29-25-13-17-12-19-16(11-15(17)2)6-5-9-24(19,3)4/h6-8,10,13,15,17,19H,5,9,11-12H2,1-4H3,(H2,26,27,29,30)/t15-,17-,19+/m0/s1. The molecular formula is C24H30N6. The lowest BCUT2D eigenvalue weighted by Crippen LogP contribution is -2.36. The van der Waals surface area contributed by atoms with Gasteiger partial charge in [-0.2, -0.15) is 10.1 Å². The molecule has 2 heterocycles. The summed E-state index contributed by atoms with van der Waals surface area (Å²) in [5.41, 5.74) is 8.80. The Morgan fingerprint density at radius 2 is 2.13 bits per heavy atom. The second-order valence-electron chi connectivity index (χ2n) is 9.84. The minimum atomic E-state index is 0.385. The maximum atomic E-state index is 4.57. The van der Waals surface area contributed by atoms with E-state index in [1.54, 1.807) is 5.57 Å². The first-order valence-corrected chi connectivity index (χ1v) is 11.0. The molecule has 2 N–H and O–H groups in total. The van der Waals surface area contributed by atoms with E-state index in [2.05, 4.69) is 88.9 Å². The van der Waals surface area contributed by atoms with Crippen LogP contribution in [0.3, 0.4) is 0 Å². The zero-order valence-electron chi connectivity index (χ0n) is 18.2. The molecule has 0 unspecified atom stereocenters. The molecule has 0 spiro atoms. The number of nitrogens with zero attached hydrogens (tertiary/aromatic N) is 4. The molecule has 3 atom stereocenters. The molecule has 3 aromatic rings. The van der Waals surface area contributed by atoms with Gasteiger partial charge < -0.3 is 4.98 Å². The molecule has 1 fully saturated rings. The largest absolute Gasteiger partial charge is 0.338 e. The van der Waals surface area contributed by atoms with Crippen molar-refractivity contribution in [3.05, 3.63) is 35.4 Å². The smallest absolute Gasteiger partial charge is 0.265 e. The zero-order valence-corrected chi connectivity index (χ0v) is 18.2. The molecule has 1 saturated carbocycles. The van der Waals surface area contributed by atoms with Crippen LogP contribution in [0.2, 0.25) is 0 Å². The average molecular weight is 403 g/mol. The van der Waals surface area contributed by atoms with Crippen molar-refractivity contribution in [1.29, 1.82) is 0 Å². The predicted molar refractivity (Wildman–Crippen MR) is 123 cm³/mol. The van der Waals surface area contributed by atoms with Crippen LogP contribution in [0.25, 0.3) is 22.1 Å². The van der Waals surface area contributed by atoms with Gasteiger partial charge in [-0.05, 0) is 67.9 Å². The number of nitrogens with one attached hydrogen (secondary N) is 2. The summed E-state index contributed by atoms with van der Waals surface area (Å²) in [6.07, 6.45) is 9.42. The number of anilines is 1. The van der Waals surface area contributed by atoms with Gasteiger partial charge in [0.05, 0.1) is 0 Å². The summed E-state index contributed by atoms with van der Waals surface area (Å²) in [5, 5.41) is 14.2. The first kappa shape index (κ1) is 19.2. The topological polar surface area (TPSA) is 78.9 Å². The van der Waals surface area contributed by atoms with Crippen LogP contribution in [-0.2, 0) is 0 Å². The van der Waals surface area contributed by atoms with E-state index in [9.17, 15) is 0 Å². The quantitative estimate of drug-likeness (QED) is 0.338. The van der Waals surface area contributed by atoms with Crippen LogP contribution in [0.15, 0.2) is 34.9 Å². The number of fused-ring (bicyclic) bond motifs is 4. The third kappa shape index (κ3) is 3.38. The van der Waals surface area contributed by atoms with Gasteiger partial charge >= 0.3 is 0 Å². The van der Waals surface area contributed by atoms with Crippen LogP contribution >= 0.6 is 0 Å². The van der Waals surface area contributed by atoms with E-state index >= 15 is 0 Å². The van der Waals surface area contributed by atoms with E-state index in [1.165, 1.54) is 31.2 Å². The SMILES string of the molecule is Cc1ccc2[nH]c3nc(NN=C[C@@H]4C[C@@H]5C(=CCCC5(C)C)C[C@@H]4C)nnc3c2c1. The van der Waals surface area contributed by atoms with Crippen molar-refractivity contribution in [3.63, 3.8) is 0 Å². The molecule has 0 radical (unpaired) electrons. The third-order valence-corrected chi connectivity index (χ3v) is 7.18. The molecule has 6 nitrogen and oxygen atoms in total. The Morgan fingerprint density at radius 1 is 1.27 bits per heavy atom. The van der Waals surface area contributed by atoms with Crippen molar-refractivity contribution in [2.45, 2.75) is 53.4 Å². The highest BCUT2D eigenvalue weighted by Gasteiger charge is 2.40. The summed E-state index contributed by atoms with van der Waals surface area (Å²) in [6.45, 7) is 9.25. The van der Waals surface area contributed by atoms with E-state index in [0.29, 0.717) is 29.1 Å². The highest BCUT2D eigenvalue weighted by Crippen LogP contribution is 2.50. The van der Waals surface area contributed by atoms with Crippen LogP contribution in [-0.4, -0.2) is 26.4 Å². The predicted octanol–water partition coefficient (Wildman–Crippen LogP) is 5.62. The van der Waals surface area contributed by atoms with Crippen LogP contribution in [0.1, 0.15) is 52.0 Å². The summed E-state index contributed by atoms with van der Waals surface area (Å²) >= 11 is 0. The van der Waals surface area contributed by atoms with Gasteiger partial charge in [0.15, 0.2) is 5.65 Å². The molecule has 1 aromatic carbocycles. The highest BCUT2D eigenvalue weighted by molar-refractivity contribution is 6.03. The number of aromatic nitrogens is 4. The Labute approximate surface area is 177 Å². The van der Waals surface area contributed by atoms with Gasteiger partial charge in [-0.3, -0.25) is 0 Å². The molecular weight excluding hydrogens is 372 g/mol. The van der Waals surface area contributed by atoms with Crippen molar-refractivity contribution in [3.8, 4) is 0 Å². The first-order valence-electron chi connectivity index (χ1n) is 11.0. The Balaban J connectivity index is 1.33. The summed E-state index contributed by atoms with van der Waals surface area (Å²) in [6, 6.07) is 6.24. The number of allylic oxidation sites excluding steroid dienone is 2. The average Bonchev–Trinajstić information content (AvgIpc) is 3.05. The molecule has 30 heavy (non-hydrogen) atoms. The number of hydrogen-bond donors (Lipinski definition) is 2. The van der Waals surface area contributed by atoms with Gasteiger partial charge in [-0.15, -0.1) is 10.2 Å². The number of aromatic amines is 1. The number of hydrazone groups is 1. The molecule has 2 aliphatic rings. The lowest BCUT2D eigenvalue weighted by molar-refractivity contribution is 0.149. The summed E-state index contributed by atoms with van der Waals surface area (Å²) < 4.78 is 0. The summed E-state index contributed by atoms with van der Waals surface area (Å²) in [7, 11) is 0. The molecule has 0 bridgehead atoms. The molecule has 6 heteroatoms. The van der Waals surface area contributed by atoms with Crippen molar-refractivity contribution in [2.75, 3.05) is 5.43 Å². The van der Waals surface area contributed by atoms with Gasteiger partial charge in [-0.1, -0.05) is 44.1 Å². The van der Waals surface area contributed by atoms with Crippen LogP contribution in [0.5, 0.6) is 0 Å². The number of hydrogen-bond acceptors (Lipinski definition) is 5. The number of benzene rings is 1. The minimum absolute atomic E-state index is 0.385. The number of aryl methyl sites for hydroxylation is 1. The number of H-pyrrole nitrogens is 1. The summed E-state index contributed by atoms with van der Waals surface area (Å²) in [4.78, 5) is 7.89. The lowest BCUT2D eigenvalue weighted by Gasteiger charge is -2.46. The van der Waals surface area contributed by atoms with E-state index < -0.39 is 0 Å². The Bertz CT molecular complexity index is 1160. The van der Waals surface area contributed by atoms with Crippen molar-refractivity contribution >= 4 is 34.2 Å². The summed E-state index contributed by atoms with van der Waals surface area (Å²) in [5.74, 6) is 2.15. The molecule has 0 amide bonds. The fourth-order valence-electron chi connectivity index (χ4n) is 5.30. The minimum Gasteiger partial charge on any atom is -0.338 e. The molecule has 2 aliphatic carbocycles. The molecule has 156 valence electrons. The van der Waals surface area contributed by atoms with Crippen LogP contribution < -0.4 is 5.43 Å². The van der Waals surface area contributed by atoms with E-state index in [0.717, 1.165) is 22.1 Å². The third-order valence-electron chi connectivity index (χ3n) is 7.18. The fourth-order valence-corrected chi connectivity index (χ4v) is 5.30. The molecule has 0 saturated heterocycles. The van der Waals surface area contributed by atoms with Crippen molar-refractivity contribution in [2.24, 2.45) is 28.3 Å².